The summed E-state index contributed by atoms with van der Waals surface area (Å²) in [4.78, 5) is 24.2. The first-order valence-electron chi connectivity index (χ1n) is 11.0. The Morgan fingerprint density at radius 1 is 1.15 bits per heavy atom. The molecular weight excluding hydrogens is 430 g/mol. The molecule has 2 aliphatic rings. The first kappa shape index (κ1) is 20.1. The van der Waals surface area contributed by atoms with Crippen molar-refractivity contribution in [1.82, 2.24) is 24.5 Å². The monoisotopic (exact) mass is 452 g/mol. The van der Waals surface area contributed by atoms with Crippen molar-refractivity contribution in [3.8, 4) is 0 Å². The third-order valence-electron chi connectivity index (χ3n) is 6.59. The Morgan fingerprint density at radius 3 is 2.85 bits per heavy atom. The van der Waals surface area contributed by atoms with Crippen LogP contribution < -0.4 is 4.90 Å². The Kier molecular flexibility index (Phi) is 4.58. The summed E-state index contributed by atoms with van der Waals surface area (Å²) in [7, 11) is 0. The normalized spacial score (nSPS) is 21.1. The number of nitrogens with one attached hydrogen (secondary N) is 1. The van der Waals surface area contributed by atoms with E-state index in [1.807, 2.05) is 11.0 Å². The fourth-order valence-corrected chi connectivity index (χ4v) is 4.98. The molecule has 1 amide bonds. The number of amides is 1. The molecule has 2 aliphatic heterocycles. The van der Waals surface area contributed by atoms with Gasteiger partial charge in [0.1, 0.15) is 23.1 Å². The smallest absolute Gasteiger partial charge is 0.270 e. The number of likely N-dealkylation sites (tertiary alicyclic amines) is 1. The minimum absolute atomic E-state index is 0.181. The van der Waals surface area contributed by atoms with Gasteiger partial charge in [-0.1, -0.05) is 0 Å². The number of H-pyrrole nitrogens is 1. The number of carbonyl (C=O) groups is 1. The molecule has 10 heteroatoms. The second-order valence-electron chi connectivity index (χ2n) is 8.71. The maximum absolute atomic E-state index is 14.5. The Bertz CT molecular complexity index is 1380. The number of fused-ring (bicyclic) bond motifs is 3. The molecule has 6 rings (SSSR count). The lowest BCUT2D eigenvalue weighted by molar-refractivity contribution is 0.0760. The molecule has 0 aliphatic carbocycles. The minimum Gasteiger partial charge on any atom is -0.391 e. The van der Waals surface area contributed by atoms with Crippen LogP contribution in [0.2, 0.25) is 0 Å². The van der Waals surface area contributed by atoms with Gasteiger partial charge in [0.15, 0.2) is 11.3 Å². The van der Waals surface area contributed by atoms with Gasteiger partial charge in [0.25, 0.3) is 5.91 Å². The molecule has 4 aromatic rings. The Morgan fingerprint density at radius 2 is 2.03 bits per heavy atom. The summed E-state index contributed by atoms with van der Waals surface area (Å²) in [5.41, 5.74) is 1.84. The molecule has 8 nitrogen and oxygen atoms in total. The minimum atomic E-state index is -0.489. The Balaban J connectivity index is 1.36. The summed E-state index contributed by atoms with van der Waals surface area (Å²) in [5.74, 6) is -0.427. The highest BCUT2D eigenvalue weighted by Crippen LogP contribution is 2.37. The van der Waals surface area contributed by atoms with Crippen LogP contribution in [0.5, 0.6) is 0 Å². The molecular formula is C23H22F2N6O2. The highest BCUT2D eigenvalue weighted by atomic mass is 19.1. The second kappa shape index (κ2) is 7.51. The summed E-state index contributed by atoms with van der Waals surface area (Å²) in [6.07, 6.45) is 3.40. The molecule has 2 atom stereocenters. The van der Waals surface area contributed by atoms with E-state index in [4.69, 9.17) is 4.98 Å². The lowest BCUT2D eigenvalue weighted by atomic mass is 10.0. The number of rotatable bonds is 3. The molecule has 0 unspecified atom stereocenters. The van der Waals surface area contributed by atoms with Crippen molar-refractivity contribution in [3.63, 3.8) is 0 Å². The molecule has 0 bridgehead atoms. The highest BCUT2D eigenvalue weighted by molar-refractivity contribution is 6.01. The van der Waals surface area contributed by atoms with Crippen LogP contribution in [-0.4, -0.2) is 61.2 Å². The number of aliphatic hydroxyl groups is 1. The number of anilines is 1. The average Bonchev–Trinajstić information content (AvgIpc) is 3.58. The number of nitrogens with zero attached hydrogens (tertiary/aromatic N) is 5. The molecule has 1 aromatic carbocycles. The summed E-state index contributed by atoms with van der Waals surface area (Å²) < 4.78 is 29.9. The largest absolute Gasteiger partial charge is 0.391 e. The van der Waals surface area contributed by atoms with Crippen LogP contribution in [0.15, 0.2) is 36.5 Å². The predicted octanol–water partition coefficient (Wildman–Crippen LogP) is 3.04. The van der Waals surface area contributed by atoms with Gasteiger partial charge < -0.3 is 19.9 Å². The fourth-order valence-electron chi connectivity index (χ4n) is 4.98. The van der Waals surface area contributed by atoms with Gasteiger partial charge in [0.05, 0.1) is 17.5 Å². The van der Waals surface area contributed by atoms with E-state index in [0.29, 0.717) is 66.2 Å². The molecule has 0 radical (unpaired) electrons. The number of hydrogen-bond donors (Lipinski definition) is 2. The molecule has 5 heterocycles. The number of aromatic amines is 1. The van der Waals surface area contributed by atoms with Crippen LogP contribution in [0.4, 0.5) is 14.6 Å². The molecule has 170 valence electrons. The zero-order valence-electron chi connectivity index (χ0n) is 17.7. The molecule has 2 saturated heterocycles. The van der Waals surface area contributed by atoms with Crippen molar-refractivity contribution >= 4 is 28.4 Å². The van der Waals surface area contributed by atoms with E-state index < -0.39 is 17.7 Å². The molecule has 0 spiro atoms. The number of aliphatic hydroxyl groups excluding tert-OH is 1. The van der Waals surface area contributed by atoms with Gasteiger partial charge in [-0.3, -0.25) is 4.79 Å². The number of benzene rings is 1. The van der Waals surface area contributed by atoms with Gasteiger partial charge in [-0.05, 0) is 49.6 Å². The van der Waals surface area contributed by atoms with Crippen LogP contribution in [0.3, 0.4) is 0 Å². The maximum Gasteiger partial charge on any atom is 0.270 e. The zero-order valence-corrected chi connectivity index (χ0v) is 17.7. The van der Waals surface area contributed by atoms with Crippen LogP contribution in [0.1, 0.15) is 41.4 Å². The van der Waals surface area contributed by atoms with E-state index in [1.165, 1.54) is 6.07 Å². The van der Waals surface area contributed by atoms with Crippen molar-refractivity contribution in [2.24, 2.45) is 0 Å². The van der Waals surface area contributed by atoms with Crippen LogP contribution >= 0.6 is 0 Å². The van der Waals surface area contributed by atoms with E-state index in [1.54, 1.807) is 21.7 Å². The van der Waals surface area contributed by atoms with E-state index in [-0.39, 0.29) is 11.9 Å². The maximum atomic E-state index is 14.5. The van der Waals surface area contributed by atoms with E-state index in [9.17, 15) is 18.7 Å². The zero-order chi connectivity index (χ0) is 22.7. The van der Waals surface area contributed by atoms with Crippen LogP contribution in [0.25, 0.3) is 16.7 Å². The lowest BCUT2D eigenvalue weighted by Crippen LogP contribution is -2.29. The van der Waals surface area contributed by atoms with E-state index in [2.05, 4.69) is 10.1 Å². The number of aromatic nitrogens is 4. The topological polar surface area (TPSA) is 89.8 Å². The van der Waals surface area contributed by atoms with Gasteiger partial charge in [-0.25, -0.2) is 18.3 Å². The second-order valence-corrected chi connectivity index (χ2v) is 8.71. The summed E-state index contributed by atoms with van der Waals surface area (Å²) in [6, 6.07) is 6.78. The predicted molar refractivity (Wildman–Crippen MR) is 117 cm³/mol. The third-order valence-corrected chi connectivity index (χ3v) is 6.59. The molecule has 2 N–H and O–H groups in total. The van der Waals surface area contributed by atoms with Gasteiger partial charge in [-0.15, -0.1) is 5.10 Å². The first-order chi connectivity index (χ1) is 16.0. The molecule has 0 saturated carbocycles. The van der Waals surface area contributed by atoms with Crippen LogP contribution in [-0.2, 0) is 0 Å². The van der Waals surface area contributed by atoms with Crippen LogP contribution in [0, 0.1) is 11.6 Å². The number of hydrogen-bond acceptors (Lipinski definition) is 5. The summed E-state index contributed by atoms with van der Waals surface area (Å²) in [6.45, 7) is 1.51. The van der Waals surface area contributed by atoms with Crippen molar-refractivity contribution < 1.29 is 18.7 Å². The average molecular weight is 452 g/mol. The van der Waals surface area contributed by atoms with Crippen molar-refractivity contribution in [3.05, 3.63) is 59.4 Å². The first-order valence-corrected chi connectivity index (χ1v) is 11.0. The summed E-state index contributed by atoms with van der Waals surface area (Å²) in [5, 5.41) is 14.9. The van der Waals surface area contributed by atoms with Crippen molar-refractivity contribution in [2.75, 3.05) is 24.5 Å². The summed E-state index contributed by atoms with van der Waals surface area (Å²) >= 11 is 0. The Labute approximate surface area is 187 Å². The van der Waals surface area contributed by atoms with E-state index >= 15 is 0 Å². The molecule has 2 fully saturated rings. The number of halogens is 2. The quantitative estimate of drug-likeness (QED) is 0.499. The van der Waals surface area contributed by atoms with Crippen molar-refractivity contribution in [2.45, 2.75) is 31.4 Å². The fraction of sp³-hybridized carbons (Fsp3) is 0.348. The Hall–Kier alpha value is -3.53. The highest BCUT2D eigenvalue weighted by Gasteiger charge is 2.31. The molecule has 33 heavy (non-hydrogen) atoms. The SMILES string of the molecule is O=C(c1cc2c(nn3ccc(N4CCC[C@H]4c4cc(F)ccc4F)nc23)[nH]1)N1CC[C@H](O)C1. The third kappa shape index (κ3) is 3.32. The van der Waals surface area contributed by atoms with Gasteiger partial charge in [0.2, 0.25) is 0 Å². The van der Waals surface area contributed by atoms with Crippen molar-refractivity contribution in [1.29, 1.82) is 0 Å². The van der Waals surface area contributed by atoms with Gasteiger partial charge >= 0.3 is 0 Å². The van der Waals surface area contributed by atoms with Gasteiger partial charge in [-0.2, -0.15) is 0 Å². The molecule has 3 aromatic heterocycles. The van der Waals surface area contributed by atoms with Gasteiger partial charge in [0, 0.05) is 31.4 Å². The standard InChI is InChI=1S/C23H22F2N6O2/c24-13-3-4-17(25)15(10-13)19-2-1-7-30(19)20-6-9-31-22(27-20)16-11-18(26-21(16)28-31)23(33)29-8-5-14(32)12-29/h3-4,6,9-11,14,19,32H,1-2,5,7-8,12H2,(H,26,28)/t14-,19-/m0/s1. The number of carbonyl (C=O) groups excluding carboxylic acids is 1. The van der Waals surface area contributed by atoms with E-state index in [0.717, 1.165) is 18.6 Å². The lowest BCUT2D eigenvalue weighted by Gasteiger charge is -2.26. The number of β-amino-alcohol motifs (C(OH)–C–C–N with tert-alkyl or cyclic N) is 1.